The minimum absolute atomic E-state index is 0.0860. The van der Waals surface area contributed by atoms with Crippen molar-refractivity contribution in [1.29, 1.82) is 0 Å². The minimum atomic E-state index is -0.951. The normalized spacial score (nSPS) is 48.6. The van der Waals surface area contributed by atoms with Crippen LogP contribution in [0.5, 0.6) is 0 Å². The SMILES string of the molecule is CC(=O)O[C@@]12CO[C@@H]1C[C@H](C)[C@@]1(C)C(=O)[C@H](C)C3=C(C)CC[C@@](O)(C[C@H]21)C3(C)C. The molecular weight excluding hydrogens is 368 g/mol. The molecule has 4 aliphatic rings. The Hall–Kier alpha value is -1.20. The number of fused-ring (bicyclic) bond motifs is 5. The van der Waals surface area contributed by atoms with Gasteiger partial charge < -0.3 is 14.6 Å². The number of ketones is 1. The van der Waals surface area contributed by atoms with E-state index in [0.717, 1.165) is 12.0 Å². The van der Waals surface area contributed by atoms with Gasteiger partial charge in [-0.1, -0.05) is 45.8 Å². The molecule has 0 unspecified atom stereocenters. The molecule has 7 atom stereocenters. The van der Waals surface area contributed by atoms with Gasteiger partial charge in [-0.2, -0.15) is 0 Å². The van der Waals surface area contributed by atoms with Crippen molar-refractivity contribution in [2.75, 3.05) is 6.61 Å². The van der Waals surface area contributed by atoms with E-state index in [-0.39, 0.29) is 35.6 Å². The zero-order chi connectivity index (χ0) is 21.6. The van der Waals surface area contributed by atoms with Crippen LogP contribution >= 0.6 is 0 Å². The van der Waals surface area contributed by atoms with Gasteiger partial charge in [0.25, 0.3) is 0 Å². The number of carbonyl (C=O) groups is 2. The van der Waals surface area contributed by atoms with Gasteiger partial charge in [-0.05, 0) is 38.5 Å². The molecule has 1 aliphatic heterocycles. The number of rotatable bonds is 1. The lowest BCUT2D eigenvalue weighted by Gasteiger charge is -2.66. The van der Waals surface area contributed by atoms with E-state index < -0.39 is 22.0 Å². The van der Waals surface area contributed by atoms with Crippen LogP contribution in [0.25, 0.3) is 0 Å². The second-order valence-corrected chi connectivity index (χ2v) is 11.0. The first-order valence-electron chi connectivity index (χ1n) is 11.1. The Morgan fingerprint density at radius 1 is 1.24 bits per heavy atom. The lowest BCUT2D eigenvalue weighted by Crippen LogP contribution is -2.75. The van der Waals surface area contributed by atoms with Crippen LogP contribution in [-0.4, -0.2) is 40.8 Å². The maximum atomic E-state index is 14.1. The molecule has 162 valence electrons. The van der Waals surface area contributed by atoms with E-state index in [9.17, 15) is 14.7 Å². The van der Waals surface area contributed by atoms with Crippen LogP contribution in [0.3, 0.4) is 0 Å². The van der Waals surface area contributed by atoms with E-state index >= 15 is 0 Å². The molecule has 0 aromatic heterocycles. The zero-order valence-electron chi connectivity index (χ0n) is 18.9. The summed E-state index contributed by atoms with van der Waals surface area (Å²) >= 11 is 0. The monoisotopic (exact) mass is 404 g/mol. The average Bonchev–Trinajstić information content (AvgIpc) is 2.61. The highest BCUT2D eigenvalue weighted by Gasteiger charge is 2.71. The van der Waals surface area contributed by atoms with E-state index in [1.54, 1.807) is 0 Å². The van der Waals surface area contributed by atoms with Crippen molar-refractivity contribution in [3.05, 3.63) is 11.1 Å². The third-order valence-electron chi connectivity index (χ3n) is 9.40. The van der Waals surface area contributed by atoms with Gasteiger partial charge in [0, 0.05) is 29.6 Å². The Morgan fingerprint density at radius 3 is 2.45 bits per heavy atom. The summed E-state index contributed by atoms with van der Waals surface area (Å²) in [5.41, 5.74) is -0.608. The van der Waals surface area contributed by atoms with Crippen LogP contribution < -0.4 is 0 Å². The van der Waals surface area contributed by atoms with E-state index in [2.05, 4.69) is 27.7 Å². The number of hydrogen-bond donors (Lipinski definition) is 1. The molecule has 0 radical (unpaired) electrons. The molecule has 1 saturated heterocycles. The van der Waals surface area contributed by atoms with Crippen LogP contribution in [0.2, 0.25) is 0 Å². The van der Waals surface area contributed by atoms with Crippen molar-refractivity contribution in [3.8, 4) is 0 Å². The highest BCUT2D eigenvalue weighted by atomic mass is 16.6. The molecule has 3 fully saturated rings. The van der Waals surface area contributed by atoms with Crippen molar-refractivity contribution >= 4 is 11.8 Å². The predicted molar refractivity (Wildman–Crippen MR) is 109 cm³/mol. The number of Topliss-reactive ketones (excluding diaryl/α,β-unsaturated/α-hetero) is 1. The number of ether oxygens (including phenoxy) is 2. The summed E-state index contributed by atoms with van der Waals surface area (Å²) in [5.74, 6) is -0.565. The smallest absolute Gasteiger partial charge is 0.303 e. The number of esters is 1. The van der Waals surface area contributed by atoms with Crippen LogP contribution in [0.15, 0.2) is 11.1 Å². The first kappa shape index (κ1) is 21.0. The van der Waals surface area contributed by atoms with Crippen LogP contribution in [0.1, 0.15) is 74.1 Å². The maximum Gasteiger partial charge on any atom is 0.303 e. The quantitative estimate of drug-likeness (QED) is 0.531. The number of allylic oxidation sites excluding steroid dienone is 1. The average molecular weight is 405 g/mol. The Morgan fingerprint density at radius 2 is 1.90 bits per heavy atom. The van der Waals surface area contributed by atoms with Crippen molar-refractivity contribution in [2.45, 2.75) is 91.5 Å². The number of hydrogen-bond acceptors (Lipinski definition) is 5. The molecule has 0 aromatic carbocycles. The molecule has 29 heavy (non-hydrogen) atoms. The van der Waals surface area contributed by atoms with Crippen LogP contribution in [0.4, 0.5) is 0 Å². The van der Waals surface area contributed by atoms with Gasteiger partial charge in [0.15, 0.2) is 5.60 Å². The summed E-state index contributed by atoms with van der Waals surface area (Å²) in [7, 11) is 0. The zero-order valence-corrected chi connectivity index (χ0v) is 18.9. The molecule has 0 aromatic rings. The second-order valence-electron chi connectivity index (χ2n) is 11.0. The lowest BCUT2D eigenvalue weighted by molar-refractivity contribution is -0.320. The van der Waals surface area contributed by atoms with E-state index in [0.29, 0.717) is 25.9 Å². The summed E-state index contributed by atoms with van der Waals surface area (Å²) in [4.78, 5) is 26.2. The summed E-state index contributed by atoms with van der Waals surface area (Å²) in [5, 5.41) is 12.0. The van der Waals surface area contributed by atoms with Crippen molar-refractivity contribution in [1.82, 2.24) is 0 Å². The largest absolute Gasteiger partial charge is 0.454 e. The molecule has 0 amide bonds. The first-order valence-corrected chi connectivity index (χ1v) is 11.1. The first-order chi connectivity index (χ1) is 13.3. The molecule has 0 spiro atoms. The third kappa shape index (κ3) is 2.46. The Labute approximate surface area is 174 Å². The van der Waals surface area contributed by atoms with Gasteiger partial charge in [0.1, 0.15) is 11.9 Å². The fraction of sp³-hybridized carbons (Fsp3) is 0.833. The molecule has 1 N–H and O–H groups in total. The van der Waals surface area contributed by atoms with Gasteiger partial charge in [-0.15, -0.1) is 0 Å². The molecule has 3 aliphatic carbocycles. The summed E-state index contributed by atoms with van der Waals surface area (Å²) in [6.45, 7) is 14.2. The predicted octanol–water partition coefficient (Wildman–Crippen LogP) is 3.83. The van der Waals surface area contributed by atoms with Crippen LogP contribution in [-0.2, 0) is 19.1 Å². The van der Waals surface area contributed by atoms with Crippen molar-refractivity contribution in [2.24, 2.45) is 28.6 Å². The summed E-state index contributed by atoms with van der Waals surface area (Å²) < 4.78 is 11.8. The van der Waals surface area contributed by atoms with Gasteiger partial charge in [-0.25, -0.2) is 0 Å². The Kier molecular flexibility index (Phi) is 4.47. The van der Waals surface area contributed by atoms with Gasteiger partial charge >= 0.3 is 5.97 Å². The maximum absolute atomic E-state index is 14.1. The molecular formula is C24H36O5. The van der Waals surface area contributed by atoms with Gasteiger partial charge in [0.2, 0.25) is 0 Å². The second kappa shape index (κ2) is 6.16. The van der Waals surface area contributed by atoms with E-state index in [4.69, 9.17) is 9.47 Å². The number of aliphatic hydroxyl groups is 1. The fourth-order valence-electron chi connectivity index (χ4n) is 7.44. The molecule has 1 heterocycles. The summed E-state index contributed by atoms with van der Waals surface area (Å²) in [6.07, 6.45) is 2.40. The van der Waals surface area contributed by atoms with Crippen molar-refractivity contribution in [3.63, 3.8) is 0 Å². The molecule has 2 bridgehead atoms. The number of carbonyl (C=O) groups excluding carboxylic acids is 2. The summed E-state index contributed by atoms with van der Waals surface area (Å²) in [6, 6.07) is 0. The van der Waals surface area contributed by atoms with E-state index in [1.807, 2.05) is 13.8 Å². The topological polar surface area (TPSA) is 72.8 Å². The lowest BCUT2D eigenvalue weighted by atomic mass is 9.43. The standard InChI is InChI=1S/C24H36O5/c1-13-8-9-23(27)11-17-22(7,20(26)15(3)19(13)21(23,5)6)14(2)10-18-24(17,12-28-18)29-16(4)25/h14-15,17-18,27H,8-12H2,1-7H3/t14-,15+,17-,18+,22+,23+,24+/m0/s1. The third-order valence-corrected chi connectivity index (χ3v) is 9.40. The Bertz CT molecular complexity index is 797. The fourth-order valence-corrected chi connectivity index (χ4v) is 7.44. The Balaban J connectivity index is 1.94. The molecule has 5 heteroatoms. The molecule has 2 saturated carbocycles. The molecule has 5 nitrogen and oxygen atoms in total. The van der Waals surface area contributed by atoms with E-state index in [1.165, 1.54) is 12.5 Å². The highest BCUT2D eigenvalue weighted by Crippen LogP contribution is 2.65. The minimum Gasteiger partial charge on any atom is -0.454 e. The van der Waals surface area contributed by atoms with Gasteiger partial charge in [0.05, 0.1) is 12.2 Å². The van der Waals surface area contributed by atoms with Gasteiger partial charge in [-0.3, -0.25) is 9.59 Å². The van der Waals surface area contributed by atoms with Crippen molar-refractivity contribution < 1.29 is 24.2 Å². The highest BCUT2D eigenvalue weighted by molar-refractivity contribution is 5.90. The van der Waals surface area contributed by atoms with Crippen LogP contribution in [0, 0.1) is 28.6 Å². The molecule has 4 rings (SSSR count).